The van der Waals surface area contributed by atoms with Crippen molar-refractivity contribution in [3.63, 3.8) is 0 Å². The summed E-state index contributed by atoms with van der Waals surface area (Å²) in [5, 5.41) is 5.17. The lowest BCUT2D eigenvalue weighted by atomic mass is 9.97. The number of pyridine rings is 1. The monoisotopic (exact) mass is 480 g/mol. The van der Waals surface area contributed by atoms with Crippen molar-refractivity contribution in [1.29, 1.82) is 0 Å². The zero-order valence-corrected chi connectivity index (χ0v) is 19.9. The molecule has 0 spiro atoms. The molecule has 33 heavy (non-hydrogen) atoms. The highest BCUT2D eigenvalue weighted by Gasteiger charge is 2.22. The number of aryl methyl sites for hydroxylation is 2. The molecule has 4 aromatic rings. The molecule has 170 valence electrons. The topological polar surface area (TPSA) is 86.1 Å². The number of thiophene rings is 1. The molecule has 0 saturated carbocycles. The molecule has 0 fully saturated rings. The van der Waals surface area contributed by atoms with Gasteiger partial charge in [-0.15, -0.1) is 11.3 Å². The van der Waals surface area contributed by atoms with Crippen LogP contribution in [0.2, 0.25) is 0 Å². The van der Waals surface area contributed by atoms with Crippen molar-refractivity contribution in [2.45, 2.75) is 37.4 Å². The van der Waals surface area contributed by atoms with Crippen LogP contribution in [0.15, 0.2) is 46.5 Å². The number of amides is 1. The van der Waals surface area contributed by atoms with E-state index in [0.717, 1.165) is 52.5 Å². The molecule has 1 N–H and O–H groups in total. The van der Waals surface area contributed by atoms with Crippen molar-refractivity contribution >= 4 is 55.8 Å². The van der Waals surface area contributed by atoms with Crippen LogP contribution in [-0.2, 0) is 28.9 Å². The van der Waals surface area contributed by atoms with E-state index in [2.05, 4.69) is 10.3 Å². The van der Waals surface area contributed by atoms with Gasteiger partial charge in [0.1, 0.15) is 4.83 Å². The summed E-state index contributed by atoms with van der Waals surface area (Å²) in [5.41, 5.74) is 2.69. The summed E-state index contributed by atoms with van der Waals surface area (Å²) in [6.07, 6.45) is 5.94. The molecule has 5 rings (SSSR count). The van der Waals surface area contributed by atoms with Crippen molar-refractivity contribution in [2.24, 2.45) is 0 Å². The number of hydrogen-bond acceptors (Lipinski definition) is 7. The Bertz CT molecular complexity index is 1390. The van der Waals surface area contributed by atoms with E-state index in [0.29, 0.717) is 18.3 Å². The highest BCUT2D eigenvalue weighted by atomic mass is 32.2. The van der Waals surface area contributed by atoms with Crippen LogP contribution in [0, 0.1) is 0 Å². The second-order valence-electron chi connectivity index (χ2n) is 7.95. The third-order valence-electron chi connectivity index (χ3n) is 5.81. The van der Waals surface area contributed by atoms with Gasteiger partial charge in [-0.3, -0.25) is 19.1 Å². The smallest absolute Gasteiger partial charge is 0.263 e. The number of rotatable bonds is 7. The molecule has 7 nitrogen and oxygen atoms in total. The minimum Gasteiger partial charge on any atom is -0.383 e. The Hall–Kier alpha value is -2.75. The van der Waals surface area contributed by atoms with Crippen molar-refractivity contribution in [3.05, 3.63) is 57.3 Å². The molecule has 0 radical (unpaired) electrons. The second-order valence-corrected chi connectivity index (χ2v) is 9.97. The Labute approximate surface area is 199 Å². The van der Waals surface area contributed by atoms with Gasteiger partial charge < -0.3 is 10.1 Å². The summed E-state index contributed by atoms with van der Waals surface area (Å²) in [6.45, 7) is 0.810. The number of nitrogens with one attached hydrogen (secondary N) is 1. The molecular weight excluding hydrogens is 456 g/mol. The van der Waals surface area contributed by atoms with E-state index in [1.165, 1.54) is 22.2 Å². The first kappa shape index (κ1) is 22.1. The summed E-state index contributed by atoms with van der Waals surface area (Å²) in [5.74, 6) is -0.0124. The van der Waals surface area contributed by atoms with E-state index in [4.69, 9.17) is 9.72 Å². The molecule has 1 aliphatic rings. The minimum atomic E-state index is -0.158. The normalized spacial score (nSPS) is 13.4. The predicted octanol–water partition coefficient (Wildman–Crippen LogP) is 4.26. The van der Waals surface area contributed by atoms with Crippen LogP contribution in [0.1, 0.15) is 23.3 Å². The van der Waals surface area contributed by atoms with Gasteiger partial charge in [0.05, 0.1) is 35.5 Å². The Morgan fingerprint density at radius 1 is 1.24 bits per heavy atom. The Morgan fingerprint density at radius 3 is 3.00 bits per heavy atom. The number of aromatic nitrogens is 3. The van der Waals surface area contributed by atoms with Crippen molar-refractivity contribution in [3.8, 4) is 0 Å². The van der Waals surface area contributed by atoms with Crippen molar-refractivity contribution in [2.75, 3.05) is 24.8 Å². The molecule has 0 bridgehead atoms. The zero-order valence-electron chi connectivity index (χ0n) is 18.3. The first-order chi connectivity index (χ1) is 16.2. The van der Waals surface area contributed by atoms with Crippen molar-refractivity contribution in [1.82, 2.24) is 14.5 Å². The summed E-state index contributed by atoms with van der Waals surface area (Å²) < 4.78 is 6.89. The van der Waals surface area contributed by atoms with Crippen LogP contribution in [0.4, 0.5) is 5.69 Å². The van der Waals surface area contributed by atoms with E-state index >= 15 is 0 Å². The van der Waals surface area contributed by atoms with Crippen LogP contribution in [0.5, 0.6) is 0 Å². The molecule has 3 aromatic heterocycles. The van der Waals surface area contributed by atoms with E-state index in [1.807, 2.05) is 30.3 Å². The highest BCUT2D eigenvalue weighted by molar-refractivity contribution is 7.99. The van der Waals surface area contributed by atoms with Gasteiger partial charge in [0, 0.05) is 23.6 Å². The fourth-order valence-corrected chi connectivity index (χ4v) is 6.37. The van der Waals surface area contributed by atoms with Gasteiger partial charge in [0.25, 0.3) is 5.56 Å². The van der Waals surface area contributed by atoms with Crippen LogP contribution >= 0.6 is 23.1 Å². The zero-order chi connectivity index (χ0) is 22.8. The lowest BCUT2D eigenvalue weighted by molar-refractivity contribution is -0.113. The average molecular weight is 481 g/mol. The quantitative estimate of drug-likeness (QED) is 0.314. The maximum Gasteiger partial charge on any atom is 0.263 e. The van der Waals surface area contributed by atoms with Gasteiger partial charge >= 0.3 is 0 Å². The molecule has 1 aliphatic carbocycles. The lowest BCUT2D eigenvalue weighted by Crippen LogP contribution is -2.26. The Morgan fingerprint density at radius 2 is 2.12 bits per heavy atom. The van der Waals surface area contributed by atoms with E-state index in [9.17, 15) is 9.59 Å². The minimum absolute atomic E-state index is 0.0283. The number of carbonyl (C=O) groups is 1. The Kier molecular flexibility index (Phi) is 6.43. The Balaban J connectivity index is 1.41. The molecule has 0 aliphatic heterocycles. The predicted molar refractivity (Wildman–Crippen MR) is 133 cm³/mol. The lowest BCUT2D eigenvalue weighted by Gasteiger charge is -2.13. The van der Waals surface area contributed by atoms with E-state index in [-0.39, 0.29) is 17.2 Å². The van der Waals surface area contributed by atoms with Gasteiger partial charge in [-0.2, -0.15) is 0 Å². The SMILES string of the molecule is COCCn1c(SCC(=O)Nc2cccc3ncccc23)nc2sc3c(c2c1=O)CCCC3. The number of methoxy groups -OCH3 is 1. The number of carbonyl (C=O) groups excluding carboxylic acids is 1. The third-order valence-corrected chi connectivity index (χ3v) is 7.97. The molecule has 0 saturated heterocycles. The summed E-state index contributed by atoms with van der Waals surface area (Å²) in [6, 6.07) is 9.42. The second kappa shape index (κ2) is 9.62. The van der Waals surface area contributed by atoms with Gasteiger partial charge in [-0.1, -0.05) is 17.8 Å². The fraction of sp³-hybridized carbons (Fsp3) is 0.333. The number of nitrogens with zero attached hydrogens (tertiary/aromatic N) is 3. The summed E-state index contributed by atoms with van der Waals surface area (Å²) in [4.78, 5) is 37.4. The number of hydrogen-bond donors (Lipinski definition) is 1. The molecule has 3 heterocycles. The number of fused-ring (bicyclic) bond motifs is 4. The molecule has 1 aromatic carbocycles. The van der Waals surface area contributed by atoms with Gasteiger partial charge in [0.2, 0.25) is 5.91 Å². The number of benzene rings is 1. The molecule has 9 heteroatoms. The highest BCUT2D eigenvalue weighted by Crippen LogP contribution is 2.34. The van der Waals surface area contributed by atoms with Crippen LogP contribution < -0.4 is 10.9 Å². The first-order valence-corrected chi connectivity index (χ1v) is 12.8. The third kappa shape index (κ3) is 4.40. The maximum atomic E-state index is 13.4. The van der Waals surface area contributed by atoms with E-state index in [1.54, 1.807) is 29.2 Å². The molecule has 0 unspecified atom stereocenters. The van der Waals surface area contributed by atoms with Gasteiger partial charge in [0.15, 0.2) is 5.16 Å². The molecular formula is C24H24N4O3S2. The summed E-state index contributed by atoms with van der Waals surface area (Å²) >= 11 is 2.90. The summed E-state index contributed by atoms with van der Waals surface area (Å²) in [7, 11) is 1.61. The number of ether oxygens (including phenoxy) is 1. The van der Waals surface area contributed by atoms with Gasteiger partial charge in [-0.25, -0.2) is 4.98 Å². The van der Waals surface area contributed by atoms with Crippen molar-refractivity contribution < 1.29 is 9.53 Å². The molecule has 1 amide bonds. The van der Waals surface area contributed by atoms with Crippen LogP contribution in [0.25, 0.3) is 21.1 Å². The van der Waals surface area contributed by atoms with E-state index < -0.39 is 0 Å². The largest absolute Gasteiger partial charge is 0.383 e. The van der Waals surface area contributed by atoms with Crippen LogP contribution in [0.3, 0.4) is 0 Å². The maximum absolute atomic E-state index is 13.4. The number of thioether (sulfide) groups is 1. The molecule has 0 atom stereocenters. The van der Waals surface area contributed by atoms with Gasteiger partial charge in [-0.05, 0) is 55.5 Å². The average Bonchev–Trinajstić information content (AvgIpc) is 3.21. The first-order valence-electron chi connectivity index (χ1n) is 11.0. The number of anilines is 1. The standard InChI is InChI=1S/C24H24N4O3S2/c1-31-13-12-28-23(30)21-16-6-2-3-10-19(16)33-22(21)27-24(28)32-14-20(29)26-18-9-4-8-17-15(18)7-5-11-25-17/h4-5,7-9,11H,2-3,6,10,12-14H2,1H3,(H,26,29). The fourth-order valence-electron chi connectivity index (χ4n) is 4.24. The van der Waals surface area contributed by atoms with Crippen LogP contribution in [-0.4, -0.2) is 39.9 Å².